The van der Waals surface area contributed by atoms with Crippen LogP contribution in [-0.2, 0) is 27.4 Å². The fourth-order valence-electron chi connectivity index (χ4n) is 7.27. The number of carboxylic acid groups (broad SMARTS) is 1. The lowest BCUT2D eigenvalue weighted by molar-refractivity contribution is -0.308. The van der Waals surface area contributed by atoms with Gasteiger partial charge >= 0.3 is 6.09 Å². The molecule has 6 rings (SSSR count). The number of halogens is 1. The van der Waals surface area contributed by atoms with E-state index in [9.17, 15) is 23.9 Å². The van der Waals surface area contributed by atoms with Crippen LogP contribution in [0.3, 0.4) is 0 Å². The molecule has 1 heterocycles. The minimum Gasteiger partial charge on any atom is -0.548 e. The van der Waals surface area contributed by atoms with Crippen molar-refractivity contribution in [2.75, 3.05) is 18.6 Å². The predicted molar refractivity (Wildman–Crippen MR) is 130 cm³/mol. The number of nitrogens with one attached hydrogen (secondary N) is 2. The number of aliphatic carboxylic acids is 1. The molecule has 2 unspecified atom stereocenters. The molecule has 4 fully saturated rings. The van der Waals surface area contributed by atoms with E-state index in [1.54, 1.807) is 11.0 Å². The van der Waals surface area contributed by atoms with Crippen LogP contribution in [0.4, 0.5) is 9.18 Å². The van der Waals surface area contributed by atoms with E-state index in [4.69, 9.17) is 4.74 Å². The molecule has 0 radical (unpaired) electrons. The Morgan fingerprint density at radius 3 is 2.61 bits per heavy atom. The van der Waals surface area contributed by atoms with Gasteiger partial charge in [0.25, 0.3) is 0 Å². The number of nitrogens with zero attached hydrogens (tertiary/aromatic N) is 1. The Kier molecular flexibility index (Phi) is 6.93. The van der Waals surface area contributed by atoms with Crippen LogP contribution in [0, 0.1) is 17.7 Å². The number of amides is 2. The summed E-state index contributed by atoms with van der Waals surface area (Å²) in [7, 11) is 0. The van der Waals surface area contributed by atoms with E-state index in [0.29, 0.717) is 37.1 Å². The van der Waals surface area contributed by atoms with E-state index in [1.165, 1.54) is 23.9 Å². The molecule has 3 atom stereocenters. The first-order valence-electron chi connectivity index (χ1n) is 12.7. The SMILES string of the molecule is CSCC[C@H](NC(=O)OC12CC3CC(CC(NCC(=O)N4Cc5ccc(F)cc5C4)(C3)C1)C2)C(=O)[O-]. The quantitative estimate of drug-likeness (QED) is 0.514. The van der Waals surface area contributed by atoms with Crippen molar-refractivity contribution in [3.8, 4) is 0 Å². The third-order valence-corrected chi connectivity index (χ3v) is 9.01. The Labute approximate surface area is 214 Å². The first kappa shape index (κ1) is 25.3. The third-order valence-electron chi connectivity index (χ3n) is 8.36. The molecule has 4 bridgehead atoms. The van der Waals surface area contributed by atoms with Gasteiger partial charge in [-0.2, -0.15) is 11.8 Å². The highest BCUT2D eigenvalue weighted by Gasteiger charge is 2.59. The second kappa shape index (κ2) is 9.85. The van der Waals surface area contributed by atoms with E-state index in [-0.39, 0.29) is 30.2 Å². The van der Waals surface area contributed by atoms with Crippen LogP contribution < -0.4 is 15.7 Å². The van der Waals surface area contributed by atoms with Gasteiger partial charge in [0.2, 0.25) is 5.91 Å². The second-order valence-corrected chi connectivity index (χ2v) is 12.1. The van der Waals surface area contributed by atoms with Crippen LogP contribution >= 0.6 is 11.8 Å². The molecule has 2 N–H and O–H groups in total. The largest absolute Gasteiger partial charge is 0.548 e. The number of carboxylic acids is 1. The molecule has 0 aromatic heterocycles. The van der Waals surface area contributed by atoms with Gasteiger partial charge in [-0.25, -0.2) is 9.18 Å². The molecule has 4 aliphatic carbocycles. The lowest BCUT2D eigenvalue weighted by Crippen LogP contribution is -2.66. The summed E-state index contributed by atoms with van der Waals surface area (Å²) in [6.07, 6.45) is 6.54. The van der Waals surface area contributed by atoms with Crippen LogP contribution in [0.15, 0.2) is 18.2 Å². The third kappa shape index (κ3) is 5.20. The summed E-state index contributed by atoms with van der Waals surface area (Å²) in [5, 5.41) is 17.5. The highest BCUT2D eigenvalue weighted by Crippen LogP contribution is 2.58. The van der Waals surface area contributed by atoms with E-state index in [2.05, 4.69) is 10.6 Å². The van der Waals surface area contributed by atoms with Crippen molar-refractivity contribution in [3.05, 3.63) is 35.1 Å². The van der Waals surface area contributed by atoms with Crippen molar-refractivity contribution >= 4 is 29.7 Å². The topological polar surface area (TPSA) is 111 Å². The van der Waals surface area contributed by atoms with Gasteiger partial charge in [0.15, 0.2) is 0 Å². The molecule has 1 aliphatic heterocycles. The summed E-state index contributed by atoms with van der Waals surface area (Å²) in [5.41, 5.74) is 0.890. The maximum absolute atomic E-state index is 13.6. The minimum atomic E-state index is -1.31. The average Bonchev–Trinajstić information content (AvgIpc) is 3.22. The minimum absolute atomic E-state index is 0.0272. The average molecular weight is 519 g/mol. The highest BCUT2D eigenvalue weighted by molar-refractivity contribution is 7.98. The van der Waals surface area contributed by atoms with Gasteiger partial charge in [-0.1, -0.05) is 6.07 Å². The van der Waals surface area contributed by atoms with Gasteiger partial charge in [-0.3, -0.25) is 4.79 Å². The van der Waals surface area contributed by atoms with Crippen molar-refractivity contribution in [1.29, 1.82) is 0 Å². The first-order valence-corrected chi connectivity index (χ1v) is 14.1. The predicted octanol–water partition coefficient (Wildman–Crippen LogP) is 1.95. The Balaban J connectivity index is 1.21. The van der Waals surface area contributed by atoms with E-state index < -0.39 is 23.7 Å². The Morgan fingerprint density at radius 1 is 1.19 bits per heavy atom. The molecular formula is C26H33FN3O5S-. The van der Waals surface area contributed by atoms with Crippen LogP contribution in [0.5, 0.6) is 0 Å². The van der Waals surface area contributed by atoms with Gasteiger partial charge in [-0.05, 0) is 85.6 Å². The summed E-state index contributed by atoms with van der Waals surface area (Å²) in [6.45, 7) is 1.08. The summed E-state index contributed by atoms with van der Waals surface area (Å²) < 4.78 is 19.5. The standard InChI is InChI=1S/C26H34FN3O5S/c1-36-5-4-21(23(32)33)29-24(34)35-26-10-16-6-17(11-26)9-25(8-16,15-26)28-12-22(31)30-13-18-2-3-20(27)7-19(18)14-30/h2-3,7,16-17,21,28H,4-6,8-15H2,1H3,(H,29,34)(H,32,33)/p-1/t16?,17?,21-,25?,26?/m0/s1. The lowest BCUT2D eigenvalue weighted by atomic mass is 9.51. The number of thioether (sulfide) groups is 1. The maximum atomic E-state index is 13.6. The first-order chi connectivity index (χ1) is 17.2. The molecule has 0 saturated heterocycles. The molecule has 8 nitrogen and oxygen atoms in total. The number of fused-ring (bicyclic) bond motifs is 1. The number of benzene rings is 1. The van der Waals surface area contributed by atoms with Crippen LogP contribution in [0.2, 0.25) is 0 Å². The van der Waals surface area contributed by atoms with E-state index >= 15 is 0 Å². The number of carbonyl (C=O) groups is 3. The van der Waals surface area contributed by atoms with Crippen molar-refractivity contribution < 1.29 is 28.6 Å². The molecule has 0 spiro atoms. The zero-order valence-electron chi connectivity index (χ0n) is 20.5. The molecule has 36 heavy (non-hydrogen) atoms. The van der Waals surface area contributed by atoms with Gasteiger partial charge < -0.3 is 30.2 Å². The molecule has 1 aromatic rings. The fraction of sp³-hybridized carbons (Fsp3) is 0.654. The number of alkyl carbamates (subject to hydrolysis) is 1. The Hall–Kier alpha value is -2.33. The normalized spacial score (nSPS) is 30.7. The Morgan fingerprint density at radius 2 is 1.92 bits per heavy atom. The molecule has 1 aromatic carbocycles. The van der Waals surface area contributed by atoms with E-state index in [1.807, 2.05) is 6.26 Å². The molecule has 196 valence electrons. The van der Waals surface area contributed by atoms with Crippen LogP contribution in [-0.4, -0.2) is 58.6 Å². The lowest BCUT2D eigenvalue weighted by Gasteiger charge is -2.61. The van der Waals surface area contributed by atoms with E-state index in [0.717, 1.165) is 43.2 Å². The summed E-state index contributed by atoms with van der Waals surface area (Å²) >= 11 is 1.50. The molecular weight excluding hydrogens is 485 g/mol. The van der Waals surface area contributed by atoms with Crippen molar-refractivity contribution in [3.63, 3.8) is 0 Å². The van der Waals surface area contributed by atoms with Crippen molar-refractivity contribution in [2.45, 2.75) is 75.2 Å². The number of rotatable bonds is 9. The number of hydrogen-bond donors (Lipinski definition) is 2. The number of carbonyl (C=O) groups excluding carboxylic acids is 3. The molecule has 5 aliphatic rings. The number of hydrogen-bond acceptors (Lipinski definition) is 7. The van der Waals surface area contributed by atoms with Crippen LogP contribution in [0.25, 0.3) is 0 Å². The molecule has 10 heteroatoms. The molecule has 2 amide bonds. The van der Waals surface area contributed by atoms with Crippen LogP contribution in [0.1, 0.15) is 56.1 Å². The van der Waals surface area contributed by atoms with Crippen molar-refractivity contribution in [1.82, 2.24) is 15.5 Å². The zero-order valence-corrected chi connectivity index (χ0v) is 21.3. The smallest absolute Gasteiger partial charge is 0.408 e. The van der Waals surface area contributed by atoms with Gasteiger partial charge in [0.05, 0.1) is 18.6 Å². The van der Waals surface area contributed by atoms with Gasteiger partial charge in [0.1, 0.15) is 11.4 Å². The fourth-order valence-corrected chi connectivity index (χ4v) is 7.74. The van der Waals surface area contributed by atoms with Crippen molar-refractivity contribution in [2.24, 2.45) is 11.8 Å². The highest BCUT2D eigenvalue weighted by atomic mass is 32.2. The van der Waals surface area contributed by atoms with Gasteiger partial charge in [0, 0.05) is 25.0 Å². The Bertz CT molecular complexity index is 1040. The molecule has 4 saturated carbocycles. The second-order valence-electron chi connectivity index (χ2n) is 11.1. The van der Waals surface area contributed by atoms with Gasteiger partial charge in [-0.15, -0.1) is 0 Å². The zero-order chi connectivity index (χ0) is 25.5. The maximum Gasteiger partial charge on any atom is 0.408 e. The number of ether oxygens (including phenoxy) is 1. The monoisotopic (exact) mass is 518 g/mol. The summed E-state index contributed by atoms with van der Waals surface area (Å²) in [6, 6.07) is 3.57. The summed E-state index contributed by atoms with van der Waals surface area (Å²) in [4.78, 5) is 39.0. The summed E-state index contributed by atoms with van der Waals surface area (Å²) in [5.74, 6) is -0.246.